The Labute approximate surface area is 136 Å². The van der Waals surface area contributed by atoms with E-state index in [0.717, 1.165) is 23.5 Å². The monoisotopic (exact) mass is 352 g/mol. The zero-order chi connectivity index (χ0) is 15.5. The van der Waals surface area contributed by atoms with E-state index in [0.29, 0.717) is 6.54 Å². The first kappa shape index (κ1) is 16.3. The first-order valence-electron chi connectivity index (χ1n) is 7.71. The summed E-state index contributed by atoms with van der Waals surface area (Å²) < 4.78 is 1.07. The molecule has 1 fully saturated rings. The predicted molar refractivity (Wildman–Crippen MR) is 90.5 cm³/mol. The lowest BCUT2D eigenvalue weighted by Gasteiger charge is -2.28. The quantitative estimate of drug-likeness (QED) is 0.818. The summed E-state index contributed by atoms with van der Waals surface area (Å²) >= 11 is 3.51. The Bertz CT molecular complexity index is 497. The van der Waals surface area contributed by atoms with Gasteiger partial charge in [0.05, 0.1) is 0 Å². The van der Waals surface area contributed by atoms with Crippen molar-refractivity contribution in [3.63, 3.8) is 0 Å². The average molecular weight is 353 g/mol. The van der Waals surface area contributed by atoms with E-state index in [1.165, 1.54) is 18.4 Å². The highest BCUT2D eigenvalue weighted by Gasteiger charge is 2.27. The maximum absolute atomic E-state index is 12.3. The molecule has 116 valence electrons. The molecule has 1 aromatic carbocycles. The maximum Gasteiger partial charge on any atom is 0.317 e. The van der Waals surface area contributed by atoms with Gasteiger partial charge in [0.25, 0.3) is 0 Å². The summed E-state index contributed by atoms with van der Waals surface area (Å²) in [6.07, 6.45) is 2.54. The lowest BCUT2D eigenvalue weighted by molar-refractivity contribution is 0.196. The molecule has 0 heterocycles. The van der Waals surface area contributed by atoms with Gasteiger partial charge in [-0.3, -0.25) is 0 Å². The van der Waals surface area contributed by atoms with Crippen LogP contribution in [0.25, 0.3) is 0 Å². The molecule has 0 saturated heterocycles. The third kappa shape index (κ3) is 4.73. The van der Waals surface area contributed by atoms with Crippen LogP contribution in [0.2, 0.25) is 0 Å². The SMILES string of the molecule is CCN(CC1CC1)C(=O)NCC(C)(C)c1cccc(Br)c1. The third-order valence-electron chi connectivity index (χ3n) is 4.13. The number of nitrogens with zero attached hydrogens (tertiary/aromatic N) is 1. The number of hydrogen-bond acceptors (Lipinski definition) is 1. The van der Waals surface area contributed by atoms with E-state index in [1.54, 1.807) is 0 Å². The van der Waals surface area contributed by atoms with Crippen LogP contribution < -0.4 is 5.32 Å². The van der Waals surface area contributed by atoms with E-state index in [9.17, 15) is 4.79 Å². The Balaban J connectivity index is 1.92. The molecule has 3 nitrogen and oxygen atoms in total. The van der Waals surface area contributed by atoms with Crippen molar-refractivity contribution in [2.24, 2.45) is 5.92 Å². The summed E-state index contributed by atoms with van der Waals surface area (Å²) in [5, 5.41) is 3.10. The van der Waals surface area contributed by atoms with Gasteiger partial charge in [0.15, 0.2) is 0 Å². The van der Waals surface area contributed by atoms with Gasteiger partial charge >= 0.3 is 6.03 Å². The molecule has 1 saturated carbocycles. The van der Waals surface area contributed by atoms with Gasteiger partial charge in [-0.2, -0.15) is 0 Å². The van der Waals surface area contributed by atoms with Crippen LogP contribution in [-0.4, -0.2) is 30.6 Å². The lowest BCUT2D eigenvalue weighted by Crippen LogP contribution is -2.45. The van der Waals surface area contributed by atoms with Crippen molar-refractivity contribution < 1.29 is 4.79 Å². The van der Waals surface area contributed by atoms with E-state index in [4.69, 9.17) is 0 Å². The fourth-order valence-corrected chi connectivity index (χ4v) is 2.79. The largest absolute Gasteiger partial charge is 0.337 e. The van der Waals surface area contributed by atoms with Gasteiger partial charge < -0.3 is 10.2 Å². The van der Waals surface area contributed by atoms with Crippen molar-refractivity contribution in [2.75, 3.05) is 19.6 Å². The summed E-state index contributed by atoms with van der Waals surface area (Å²) in [5.74, 6) is 0.730. The minimum atomic E-state index is -0.0849. The second kappa shape index (κ2) is 6.82. The fourth-order valence-electron chi connectivity index (χ4n) is 2.39. The molecule has 1 aliphatic rings. The lowest BCUT2D eigenvalue weighted by atomic mass is 9.85. The van der Waals surface area contributed by atoms with Gasteiger partial charge in [-0.25, -0.2) is 4.79 Å². The third-order valence-corrected chi connectivity index (χ3v) is 4.63. The summed E-state index contributed by atoms with van der Waals surface area (Å²) in [5.41, 5.74) is 1.14. The van der Waals surface area contributed by atoms with E-state index in [2.05, 4.69) is 47.2 Å². The second-order valence-corrected chi connectivity index (χ2v) is 7.45. The molecule has 1 N–H and O–H groups in total. The topological polar surface area (TPSA) is 32.3 Å². The van der Waals surface area contributed by atoms with Crippen LogP contribution in [0.4, 0.5) is 4.79 Å². The molecule has 0 aliphatic heterocycles. The first-order valence-corrected chi connectivity index (χ1v) is 8.50. The maximum atomic E-state index is 12.3. The molecule has 0 radical (unpaired) electrons. The van der Waals surface area contributed by atoms with E-state index >= 15 is 0 Å². The van der Waals surface area contributed by atoms with Crippen molar-refractivity contribution in [1.82, 2.24) is 10.2 Å². The minimum absolute atomic E-state index is 0.0625. The van der Waals surface area contributed by atoms with Gasteiger partial charge in [-0.15, -0.1) is 0 Å². The Kier molecular flexibility index (Phi) is 5.31. The van der Waals surface area contributed by atoms with Crippen molar-refractivity contribution in [3.8, 4) is 0 Å². The summed E-state index contributed by atoms with van der Waals surface area (Å²) in [6, 6.07) is 8.35. The molecule has 4 heteroatoms. The number of halogens is 1. The minimum Gasteiger partial charge on any atom is -0.337 e. The molecule has 1 aliphatic carbocycles. The number of rotatable bonds is 6. The molecule has 1 aromatic rings. The average Bonchev–Trinajstić information content (AvgIpc) is 3.26. The van der Waals surface area contributed by atoms with Crippen LogP contribution in [0.5, 0.6) is 0 Å². The summed E-state index contributed by atoms with van der Waals surface area (Å²) in [7, 11) is 0. The van der Waals surface area contributed by atoms with Crippen molar-refractivity contribution in [1.29, 1.82) is 0 Å². The van der Waals surface area contributed by atoms with Crippen molar-refractivity contribution in [2.45, 2.75) is 39.0 Å². The van der Waals surface area contributed by atoms with Gasteiger partial charge in [-0.05, 0) is 43.4 Å². The van der Waals surface area contributed by atoms with Crippen LogP contribution in [0.1, 0.15) is 39.2 Å². The standard InChI is InChI=1S/C17H25BrN2O/c1-4-20(11-13-8-9-13)16(21)19-12-17(2,3)14-6-5-7-15(18)10-14/h5-7,10,13H,4,8-9,11-12H2,1-3H3,(H,19,21). The first-order chi connectivity index (χ1) is 9.92. The van der Waals surface area contributed by atoms with Gasteiger partial charge in [0, 0.05) is 29.5 Å². The van der Waals surface area contributed by atoms with E-state index < -0.39 is 0 Å². The second-order valence-electron chi connectivity index (χ2n) is 6.53. The fraction of sp³-hybridized carbons (Fsp3) is 0.588. The van der Waals surface area contributed by atoms with Crippen LogP contribution >= 0.6 is 15.9 Å². The highest BCUT2D eigenvalue weighted by Crippen LogP contribution is 2.30. The summed E-state index contributed by atoms with van der Waals surface area (Å²) in [4.78, 5) is 14.2. The molecule has 0 atom stereocenters. The molecular formula is C17H25BrN2O. The molecule has 0 bridgehead atoms. The smallest absolute Gasteiger partial charge is 0.317 e. The molecule has 0 spiro atoms. The number of carbonyl (C=O) groups excluding carboxylic acids is 1. The Morgan fingerprint density at radius 2 is 2.14 bits per heavy atom. The Morgan fingerprint density at radius 1 is 1.43 bits per heavy atom. The van der Waals surface area contributed by atoms with Crippen LogP contribution in [-0.2, 0) is 5.41 Å². The highest BCUT2D eigenvalue weighted by atomic mass is 79.9. The number of amides is 2. The predicted octanol–water partition coefficient (Wildman–Crippen LogP) is 4.17. The van der Waals surface area contributed by atoms with Crippen LogP contribution in [0.15, 0.2) is 28.7 Å². The summed E-state index contributed by atoms with van der Waals surface area (Å²) in [6.45, 7) is 8.68. The zero-order valence-corrected chi connectivity index (χ0v) is 14.7. The number of nitrogens with one attached hydrogen (secondary N) is 1. The van der Waals surface area contributed by atoms with Crippen LogP contribution in [0.3, 0.4) is 0 Å². The molecule has 0 aromatic heterocycles. The zero-order valence-electron chi connectivity index (χ0n) is 13.2. The number of carbonyl (C=O) groups is 1. The van der Waals surface area contributed by atoms with Crippen molar-refractivity contribution >= 4 is 22.0 Å². The number of urea groups is 1. The van der Waals surface area contributed by atoms with Gasteiger partial charge in [0.1, 0.15) is 0 Å². The van der Waals surface area contributed by atoms with Crippen molar-refractivity contribution in [3.05, 3.63) is 34.3 Å². The molecule has 21 heavy (non-hydrogen) atoms. The molecule has 2 amide bonds. The van der Waals surface area contributed by atoms with E-state index in [-0.39, 0.29) is 11.4 Å². The van der Waals surface area contributed by atoms with Gasteiger partial charge in [0.2, 0.25) is 0 Å². The Morgan fingerprint density at radius 3 is 2.71 bits per heavy atom. The highest BCUT2D eigenvalue weighted by molar-refractivity contribution is 9.10. The number of benzene rings is 1. The molecular weight excluding hydrogens is 328 g/mol. The normalized spacial score (nSPS) is 14.9. The number of hydrogen-bond donors (Lipinski definition) is 1. The van der Waals surface area contributed by atoms with Crippen LogP contribution in [0, 0.1) is 5.92 Å². The van der Waals surface area contributed by atoms with Gasteiger partial charge in [-0.1, -0.05) is 41.9 Å². The molecule has 0 unspecified atom stereocenters. The molecule has 2 rings (SSSR count). The van der Waals surface area contributed by atoms with E-state index in [1.807, 2.05) is 24.0 Å². The Hall–Kier alpha value is -1.03.